The summed E-state index contributed by atoms with van der Waals surface area (Å²) in [6.45, 7) is 5.34. The molecular weight excluding hydrogens is 138 g/mol. The van der Waals surface area contributed by atoms with Crippen molar-refractivity contribution < 1.29 is 4.79 Å². The van der Waals surface area contributed by atoms with Gasteiger partial charge in [-0.3, -0.25) is 4.79 Å². The van der Waals surface area contributed by atoms with Crippen LogP contribution >= 0.6 is 0 Å². The average Bonchev–Trinajstić information content (AvgIpc) is 1.94. The lowest BCUT2D eigenvalue weighted by atomic mass is 9.86. The molecule has 0 radical (unpaired) electrons. The first-order valence-corrected chi connectivity index (χ1v) is 4.35. The van der Waals surface area contributed by atoms with Gasteiger partial charge in [0.05, 0.1) is 0 Å². The second-order valence-corrected chi connectivity index (χ2v) is 3.81. The minimum absolute atomic E-state index is 0.315. The van der Waals surface area contributed by atoms with E-state index in [4.69, 9.17) is 0 Å². The highest BCUT2D eigenvalue weighted by atomic mass is 16.2. The Morgan fingerprint density at radius 3 is 2.64 bits per heavy atom. The van der Waals surface area contributed by atoms with E-state index in [0.29, 0.717) is 17.7 Å². The summed E-state index contributed by atoms with van der Waals surface area (Å²) in [5.74, 6) is 1.60. The number of likely N-dealkylation sites (tertiary alicyclic amines) is 1. The minimum Gasteiger partial charge on any atom is -0.346 e. The van der Waals surface area contributed by atoms with Gasteiger partial charge in [0.25, 0.3) is 0 Å². The van der Waals surface area contributed by atoms with Crippen LogP contribution in [0.1, 0.15) is 26.7 Å². The second kappa shape index (κ2) is 3.24. The van der Waals surface area contributed by atoms with E-state index >= 15 is 0 Å². The fourth-order valence-corrected chi connectivity index (χ4v) is 1.54. The van der Waals surface area contributed by atoms with Gasteiger partial charge in [0.15, 0.2) is 0 Å². The third-order valence-electron chi connectivity index (χ3n) is 2.64. The molecule has 1 amide bonds. The Morgan fingerprint density at radius 2 is 2.18 bits per heavy atom. The van der Waals surface area contributed by atoms with E-state index in [1.165, 1.54) is 6.42 Å². The standard InChI is InChI=1S/C9H17NO/c1-7(2)8-4-5-10(3)9(11)6-8/h7-8H,4-6H2,1-3H3/t8-/m0/s1. The van der Waals surface area contributed by atoms with Gasteiger partial charge in [-0.2, -0.15) is 0 Å². The first kappa shape index (κ1) is 8.57. The molecule has 1 atom stereocenters. The highest BCUT2D eigenvalue weighted by molar-refractivity contribution is 5.76. The van der Waals surface area contributed by atoms with Crippen molar-refractivity contribution in [3.05, 3.63) is 0 Å². The molecule has 11 heavy (non-hydrogen) atoms. The van der Waals surface area contributed by atoms with Crippen LogP contribution in [-0.2, 0) is 4.79 Å². The maximum absolute atomic E-state index is 11.2. The van der Waals surface area contributed by atoms with Gasteiger partial charge in [0.1, 0.15) is 0 Å². The predicted octanol–water partition coefficient (Wildman–Crippen LogP) is 1.51. The van der Waals surface area contributed by atoms with Crippen molar-refractivity contribution in [1.29, 1.82) is 0 Å². The van der Waals surface area contributed by atoms with Gasteiger partial charge in [-0.05, 0) is 18.3 Å². The van der Waals surface area contributed by atoms with E-state index in [0.717, 1.165) is 13.0 Å². The Labute approximate surface area is 68.6 Å². The number of amides is 1. The van der Waals surface area contributed by atoms with E-state index in [2.05, 4.69) is 13.8 Å². The Bertz CT molecular complexity index is 154. The van der Waals surface area contributed by atoms with Crippen molar-refractivity contribution in [1.82, 2.24) is 4.90 Å². The smallest absolute Gasteiger partial charge is 0.222 e. The molecule has 0 aliphatic carbocycles. The van der Waals surface area contributed by atoms with Gasteiger partial charge in [-0.15, -0.1) is 0 Å². The van der Waals surface area contributed by atoms with E-state index < -0.39 is 0 Å². The third-order valence-corrected chi connectivity index (χ3v) is 2.64. The zero-order valence-electron chi connectivity index (χ0n) is 7.63. The van der Waals surface area contributed by atoms with Crippen LogP contribution in [0.3, 0.4) is 0 Å². The second-order valence-electron chi connectivity index (χ2n) is 3.81. The molecule has 64 valence electrons. The fraction of sp³-hybridized carbons (Fsp3) is 0.889. The van der Waals surface area contributed by atoms with Gasteiger partial charge in [-0.1, -0.05) is 13.8 Å². The Kier molecular flexibility index (Phi) is 2.53. The Morgan fingerprint density at radius 1 is 1.55 bits per heavy atom. The molecule has 0 aromatic heterocycles. The molecule has 2 heteroatoms. The Hall–Kier alpha value is -0.530. The summed E-state index contributed by atoms with van der Waals surface area (Å²) in [5.41, 5.74) is 0. The maximum Gasteiger partial charge on any atom is 0.222 e. The summed E-state index contributed by atoms with van der Waals surface area (Å²) in [6, 6.07) is 0. The van der Waals surface area contributed by atoms with Crippen LogP contribution in [0.25, 0.3) is 0 Å². The molecular formula is C9H17NO. The Balaban J connectivity index is 2.46. The summed E-state index contributed by atoms with van der Waals surface area (Å²) in [7, 11) is 1.89. The zero-order chi connectivity index (χ0) is 8.43. The lowest BCUT2D eigenvalue weighted by Gasteiger charge is -2.30. The summed E-state index contributed by atoms with van der Waals surface area (Å²) >= 11 is 0. The average molecular weight is 155 g/mol. The molecule has 1 saturated heterocycles. The van der Waals surface area contributed by atoms with E-state index in [-0.39, 0.29) is 0 Å². The number of piperidine rings is 1. The minimum atomic E-state index is 0.315. The molecule has 0 aromatic carbocycles. The monoisotopic (exact) mass is 155 g/mol. The summed E-state index contributed by atoms with van der Waals surface area (Å²) in [5, 5.41) is 0. The maximum atomic E-state index is 11.2. The number of hydrogen-bond acceptors (Lipinski definition) is 1. The van der Waals surface area contributed by atoms with Gasteiger partial charge >= 0.3 is 0 Å². The van der Waals surface area contributed by atoms with Crippen molar-refractivity contribution in [2.45, 2.75) is 26.7 Å². The molecule has 1 rings (SSSR count). The molecule has 1 heterocycles. The van der Waals surface area contributed by atoms with Crippen LogP contribution in [-0.4, -0.2) is 24.4 Å². The van der Waals surface area contributed by atoms with Crippen LogP contribution in [0.15, 0.2) is 0 Å². The largest absolute Gasteiger partial charge is 0.346 e. The van der Waals surface area contributed by atoms with Crippen molar-refractivity contribution in [2.24, 2.45) is 11.8 Å². The predicted molar refractivity (Wildman–Crippen MR) is 45.2 cm³/mol. The van der Waals surface area contributed by atoms with E-state index in [1.807, 2.05) is 11.9 Å². The van der Waals surface area contributed by atoms with Gasteiger partial charge in [0.2, 0.25) is 5.91 Å². The van der Waals surface area contributed by atoms with Gasteiger partial charge in [-0.25, -0.2) is 0 Å². The lowest BCUT2D eigenvalue weighted by Crippen LogP contribution is -2.37. The highest BCUT2D eigenvalue weighted by Gasteiger charge is 2.24. The van der Waals surface area contributed by atoms with E-state index in [9.17, 15) is 4.79 Å². The lowest BCUT2D eigenvalue weighted by molar-refractivity contribution is -0.134. The molecule has 0 aromatic rings. The number of hydrogen-bond donors (Lipinski definition) is 0. The molecule has 1 aliphatic rings. The molecule has 0 unspecified atom stereocenters. The highest BCUT2D eigenvalue weighted by Crippen LogP contribution is 2.24. The molecule has 0 saturated carbocycles. The fourth-order valence-electron chi connectivity index (χ4n) is 1.54. The number of nitrogens with zero attached hydrogens (tertiary/aromatic N) is 1. The number of carbonyl (C=O) groups excluding carboxylic acids is 1. The molecule has 2 nitrogen and oxygen atoms in total. The van der Waals surface area contributed by atoms with Crippen LogP contribution in [0, 0.1) is 11.8 Å². The number of rotatable bonds is 1. The van der Waals surface area contributed by atoms with Crippen LogP contribution in [0.5, 0.6) is 0 Å². The summed E-state index contributed by atoms with van der Waals surface area (Å²) in [6.07, 6.45) is 1.94. The topological polar surface area (TPSA) is 20.3 Å². The number of carbonyl (C=O) groups is 1. The summed E-state index contributed by atoms with van der Waals surface area (Å²) < 4.78 is 0. The first-order valence-electron chi connectivity index (χ1n) is 4.35. The quantitative estimate of drug-likeness (QED) is 0.562. The molecule has 0 spiro atoms. The first-order chi connectivity index (χ1) is 5.11. The molecule has 1 fully saturated rings. The van der Waals surface area contributed by atoms with Crippen molar-refractivity contribution >= 4 is 5.91 Å². The van der Waals surface area contributed by atoms with Crippen LogP contribution in [0.4, 0.5) is 0 Å². The van der Waals surface area contributed by atoms with Crippen molar-refractivity contribution in [3.8, 4) is 0 Å². The molecule has 0 N–H and O–H groups in total. The van der Waals surface area contributed by atoms with Crippen LogP contribution < -0.4 is 0 Å². The van der Waals surface area contributed by atoms with Crippen molar-refractivity contribution in [2.75, 3.05) is 13.6 Å². The molecule has 1 aliphatic heterocycles. The van der Waals surface area contributed by atoms with Crippen LogP contribution in [0.2, 0.25) is 0 Å². The van der Waals surface area contributed by atoms with Gasteiger partial charge < -0.3 is 4.90 Å². The zero-order valence-corrected chi connectivity index (χ0v) is 7.63. The van der Waals surface area contributed by atoms with Gasteiger partial charge in [0, 0.05) is 20.0 Å². The summed E-state index contributed by atoms with van der Waals surface area (Å²) in [4.78, 5) is 13.1. The van der Waals surface area contributed by atoms with E-state index in [1.54, 1.807) is 0 Å². The SMILES string of the molecule is CC(C)[C@H]1CCN(C)C(=O)C1. The third kappa shape index (κ3) is 1.95. The van der Waals surface area contributed by atoms with Crippen molar-refractivity contribution in [3.63, 3.8) is 0 Å². The molecule has 0 bridgehead atoms. The normalized spacial score (nSPS) is 26.4.